The summed E-state index contributed by atoms with van der Waals surface area (Å²) < 4.78 is 0. The van der Waals surface area contributed by atoms with E-state index < -0.39 is 0 Å². The molecule has 58 heavy (non-hydrogen) atoms. The van der Waals surface area contributed by atoms with Gasteiger partial charge in [0.2, 0.25) is 6.71 Å². The summed E-state index contributed by atoms with van der Waals surface area (Å²) in [4.78, 5) is 4.98. The third-order valence-electron chi connectivity index (χ3n) is 12.4. The monoisotopic (exact) mass is 761 g/mol. The van der Waals surface area contributed by atoms with E-state index in [1.165, 1.54) is 61.5 Å². The standard InChI is InChI=1S/C54H60BN3/c1-37-20-26-44(27-21-37)58-49-19-14-34-54(9,10)51(49)55(46-17-11-12-18-48(46)56-41-16-13-15-38(2)35-41)47-33-32-45(36-50(47)58)57(42-28-22-39(23-29-42)52(3,4)5)43-30-24-40(25-31-43)53(6,7)8/h11-33,36,38,56H,34-35H2,1-10H3. The van der Waals surface area contributed by atoms with Gasteiger partial charge in [-0.05, 0) is 131 Å². The highest BCUT2D eigenvalue weighted by atomic mass is 15.2. The highest BCUT2D eigenvalue weighted by Crippen LogP contribution is 2.48. The lowest BCUT2D eigenvalue weighted by atomic mass is 9.30. The lowest BCUT2D eigenvalue weighted by Gasteiger charge is -2.45. The van der Waals surface area contributed by atoms with Crippen LogP contribution < -0.4 is 26.0 Å². The van der Waals surface area contributed by atoms with Gasteiger partial charge >= 0.3 is 0 Å². The number of anilines is 6. The predicted octanol–water partition coefficient (Wildman–Crippen LogP) is 13.5. The third kappa shape index (κ3) is 7.62. The van der Waals surface area contributed by atoms with Gasteiger partial charge in [0.25, 0.3) is 0 Å². The summed E-state index contributed by atoms with van der Waals surface area (Å²) in [5, 5.41) is 3.93. The number of para-hydroxylation sites is 1. The summed E-state index contributed by atoms with van der Waals surface area (Å²) in [5.74, 6) is 0.505. The van der Waals surface area contributed by atoms with Gasteiger partial charge in [-0.1, -0.05) is 152 Å². The molecule has 8 rings (SSSR count). The molecule has 1 unspecified atom stereocenters. The van der Waals surface area contributed by atoms with Gasteiger partial charge in [-0.25, -0.2) is 0 Å². The quantitative estimate of drug-likeness (QED) is 0.167. The molecule has 0 aromatic heterocycles. The summed E-state index contributed by atoms with van der Waals surface area (Å²) in [6, 6.07) is 43.7. The second-order valence-electron chi connectivity index (χ2n) is 19.5. The van der Waals surface area contributed by atoms with Crippen LogP contribution in [0.5, 0.6) is 0 Å². The number of hydrogen-bond donors (Lipinski definition) is 1. The molecule has 1 atom stereocenters. The fraction of sp³-hybridized carbons (Fsp3) is 0.296. The van der Waals surface area contributed by atoms with Gasteiger partial charge in [-0.2, -0.15) is 0 Å². The zero-order valence-electron chi connectivity index (χ0n) is 36.3. The van der Waals surface area contributed by atoms with Gasteiger partial charge in [0.15, 0.2) is 0 Å². The number of fused-ring (bicyclic) bond motifs is 1. The smallest absolute Gasteiger partial charge is 0.245 e. The molecule has 2 aliphatic carbocycles. The second-order valence-corrected chi connectivity index (χ2v) is 19.5. The van der Waals surface area contributed by atoms with Crippen LogP contribution in [-0.4, -0.2) is 6.71 Å². The van der Waals surface area contributed by atoms with Crippen molar-refractivity contribution in [2.45, 2.75) is 92.9 Å². The van der Waals surface area contributed by atoms with E-state index in [9.17, 15) is 0 Å². The van der Waals surface area contributed by atoms with Crippen LogP contribution in [0.3, 0.4) is 0 Å². The summed E-state index contributed by atoms with van der Waals surface area (Å²) in [6.45, 7) is 23.1. The molecule has 4 heteroatoms. The van der Waals surface area contributed by atoms with Gasteiger partial charge in [-0.15, -0.1) is 0 Å². The molecule has 0 fully saturated rings. The molecule has 0 bridgehead atoms. The zero-order chi connectivity index (χ0) is 41.0. The van der Waals surface area contributed by atoms with Crippen molar-refractivity contribution in [1.29, 1.82) is 0 Å². The molecule has 0 spiro atoms. The maximum Gasteiger partial charge on any atom is 0.245 e. The Bertz CT molecular complexity index is 2370. The van der Waals surface area contributed by atoms with Crippen LogP contribution in [0.15, 0.2) is 163 Å². The molecule has 294 valence electrons. The van der Waals surface area contributed by atoms with Crippen molar-refractivity contribution < 1.29 is 0 Å². The van der Waals surface area contributed by atoms with Crippen molar-refractivity contribution in [3.63, 3.8) is 0 Å². The number of rotatable bonds is 7. The molecule has 1 N–H and O–H groups in total. The molecule has 0 saturated carbocycles. The molecule has 0 radical (unpaired) electrons. The maximum absolute atomic E-state index is 3.93. The molecule has 5 aromatic carbocycles. The summed E-state index contributed by atoms with van der Waals surface area (Å²) >= 11 is 0. The van der Waals surface area contributed by atoms with Crippen LogP contribution in [0.25, 0.3) is 0 Å². The fourth-order valence-electron chi connectivity index (χ4n) is 9.08. The number of nitrogens with zero attached hydrogens (tertiary/aromatic N) is 2. The van der Waals surface area contributed by atoms with Crippen molar-refractivity contribution in [2.24, 2.45) is 11.3 Å². The highest BCUT2D eigenvalue weighted by Gasteiger charge is 2.44. The fourth-order valence-corrected chi connectivity index (χ4v) is 9.08. The predicted molar refractivity (Wildman–Crippen MR) is 252 cm³/mol. The van der Waals surface area contributed by atoms with Crippen molar-refractivity contribution >= 4 is 51.8 Å². The minimum atomic E-state index is -0.0713. The number of benzene rings is 5. The molecular formula is C54H60BN3. The van der Waals surface area contributed by atoms with Gasteiger partial charge < -0.3 is 15.1 Å². The van der Waals surface area contributed by atoms with Crippen molar-refractivity contribution in [3.05, 3.63) is 179 Å². The first kappa shape index (κ1) is 39.4. The average molecular weight is 762 g/mol. The Labute approximate surface area is 349 Å². The number of allylic oxidation sites excluding steroid dienone is 7. The Balaban J connectivity index is 1.36. The SMILES string of the molecule is Cc1ccc(N2C3=C(B(c4ccccc4NC4=CC=CC(C)C4)c4ccc(N(c5ccc(C(C)(C)C)cc5)c5ccc(C(C)(C)C)cc5)cc42)C(C)(C)CC=C3)cc1. The normalized spacial score (nSPS) is 17.5. The second kappa shape index (κ2) is 15.0. The van der Waals surface area contributed by atoms with E-state index in [4.69, 9.17) is 0 Å². The van der Waals surface area contributed by atoms with Gasteiger partial charge in [0, 0.05) is 45.5 Å². The number of nitrogens with one attached hydrogen (secondary N) is 1. The molecule has 0 saturated heterocycles. The first-order valence-corrected chi connectivity index (χ1v) is 21.2. The van der Waals surface area contributed by atoms with Crippen LogP contribution >= 0.6 is 0 Å². The summed E-state index contributed by atoms with van der Waals surface area (Å²) in [6.07, 6.45) is 13.5. The topological polar surface area (TPSA) is 18.5 Å². The molecular weight excluding hydrogens is 701 g/mol. The lowest BCUT2D eigenvalue weighted by Crippen LogP contribution is -2.55. The average Bonchev–Trinajstić information content (AvgIpc) is 3.18. The summed E-state index contributed by atoms with van der Waals surface area (Å²) in [5.41, 5.74) is 17.6. The minimum absolute atomic E-state index is 0.0483. The molecule has 0 amide bonds. The van der Waals surface area contributed by atoms with E-state index in [1.54, 1.807) is 0 Å². The first-order chi connectivity index (χ1) is 27.6. The van der Waals surface area contributed by atoms with Crippen molar-refractivity contribution in [1.82, 2.24) is 0 Å². The minimum Gasteiger partial charge on any atom is -0.359 e. The highest BCUT2D eigenvalue weighted by molar-refractivity contribution is 6.93. The van der Waals surface area contributed by atoms with E-state index >= 15 is 0 Å². The Hall–Kier alpha value is -5.48. The first-order valence-electron chi connectivity index (χ1n) is 21.2. The molecule has 1 heterocycles. The van der Waals surface area contributed by atoms with E-state index in [0.29, 0.717) is 5.92 Å². The lowest BCUT2D eigenvalue weighted by molar-refractivity contribution is 0.464. The molecule has 1 aliphatic heterocycles. The zero-order valence-corrected chi connectivity index (χ0v) is 36.3. The van der Waals surface area contributed by atoms with E-state index in [1.807, 2.05) is 0 Å². The Morgan fingerprint density at radius 1 is 0.724 bits per heavy atom. The van der Waals surface area contributed by atoms with Gasteiger partial charge in [-0.3, -0.25) is 0 Å². The van der Waals surface area contributed by atoms with E-state index in [0.717, 1.165) is 29.9 Å². The van der Waals surface area contributed by atoms with Crippen molar-refractivity contribution in [3.8, 4) is 0 Å². The van der Waals surface area contributed by atoms with Crippen LogP contribution in [0.2, 0.25) is 0 Å². The van der Waals surface area contributed by atoms with Crippen molar-refractivity contribution in [2.75, 3.05) is 15.1 Å². The molecule has 3 nitrogen and oxygen atoms in total. The maximum atomic E-state index is 3.93. The van der Waals surface area contributed by atoms with Crippen LogP contribution in [0.1, 0.15) is 91.8 Å². The van der Waals surface area contributed by atoms with Crippen LogP contribution in [-0.2, 0) is 10.8 Å². The van der Waals surface area contributed by atoms with Crippen LogP contribution in [0, 0.1) is 18.3 Å². The Morgan fingerprint density at radius 2 is 1.33 bits per heavy atom. The number of aryl methyl sites for hydroxylation is 1. The summed E-state index contributed by atoms with van der Waals surface area (Å²) in [7, 11) is 0. The number of hydrogen-bond acceptors (Lipinski definition) is 3. The van der Waals surface area contributed by atoms with E-state index in [2.05, 4.69) is 230 Å². The van der Waals surface area contributed by atoms with Crippen LogP contribution in [0.4, 0.5) is 34.1 Å². The molecule has 3 aliphatic rings. The Morgan fingerprint density at radius 3 is 1.93 bits per heavy atom. The Kier molecular flexibility index (Phi) is 10.2. The van der Waals surface area contributed by atoms with Gasteiger partial charge in [0.1, 0.15) is 0 Å². The van der Waals surface area contributed by atoms with Gasteiger partial charge in [0.05, 0.1) is 0 Å². The molecule has 5 aromatic rings. The van der Waals surface area contributed by atoms with E-state index in [-0.39, 0.29) is 23.0 Å². The largest absolute Gasteiger partial charge is 0.359 e. The third-order valence-corrected chi connectivity index (χ3v) is 12.4.